The van der Waals surface area contributed by atoms with E-state index < -0.39 is 0 Å². The summed E-state index contributed by atoms with van der Waals surface area (Å²) in [4.78, 5) is 12.4. The Balaban J connectivity index is 1.81. The molecule has 0 aliphatic carbocycles. The van der Waals surface area contributed by atoms with Gasteiger partial charge >= 0.3 is 0 Å². The molecular weight excluding hydrogens is 308 g/mol. The standard InChI is InChI=1S/C17H28N4O3/c1-4-16(19-12-6-5-7-15(9-12)24-3)17(22)18-10-13-8-14(11-23-2)21-20-13/h5-7,9,13-14,16,19-21H,4,8,10-11H2,1-3H3,(H,18,22). The van der Waals surface area contributed by atoms with Crippen molar-refractivity contribution in [3.8, 4) is 5.75 Å². The van der Waals surface area contributed by atoms with Crippen LogP contribution in [-0.2, 0) is 9.53 Å². The van der Waals surface area contributed by atoms with Gasteiger partial charge in [0.15, 0.2) is 0 Å². The molecule has 1 saturated heterocycles. The molecule has 0 aromatic heterocycles. The number of hydrazine groups is 1. The van der Waals surface area contributed by atoms with Gasteiger partial charge in [-0.2, -0.15) is 0 Å². The number of hydrogen-bond acceptors (Lipinski definition) is 6. The van der Waals surface area contributed by atoms with E-state index >= 15 is 0 Å². The van der Waals surface area contributed by atoms with Crippen molar-refractivity contribution < 1.29 is 14.3 Å². The molecule has 0 saturated carbocycles. The zero-order valence-electron chi connectivity index (χ0n) is 14.6. The van der Waals surface area contributed by atoms with E-state index in [0.29, 0.717) is 19.6 Å². The van der Waals surface area contributed by atoms with E-state index in [4.69, 9.17) is 9.47 Å². The molecule has 0 spiro atoms. The highest BCUT2D eigenvalue weighted by molar-refractivity contribution is 5.84. The van der Waals surface area contributed by atoms with Crippen LogP contribution in [0.3, 0.4) is 0 Å². The predicted octanol–water partition coefficient (Wildman–Crippen LogP) is 0.883. The normalized spacial score (nSPS) is 21.3. The zero-order chi connectivity index (χ0) is 17.4. The highest BCUT2D eigenvalue weighted by atomic mass is 16.5. The number of carbonyl (C=O) groups is 1. The molecule has 7 nitrogen and oxygen atoms in total. The maximum absolute atomic E-state index is 12.4. The quantitative estimate of drug-likeness (QED) is 0.536. The largest absolute Gasteiger partial charge is 0.497 e. The fourth-order valence-corrected chi connectivity index (χ4v) is 2.76. The van der Waals surface area contributed by atoms with Crippen molar-refractivity contribution in [1.82, 2.24) is 16.2 Å². The molecule has 1 aliphatic heterocycles. The van der Waals surface area contributed by atoms with Gasteiger partial charge in [0.25, 0.3) is 0 Å². The molecule has 1 amide bonds. The predicted molar refractivity (Wildman–Crippen MR) is 94.0 cm³/mol. The van der Waals surface area contributed by atoms with Gasteiger partial charge < -0.3 is 20.1 Å². The third kappa shape index (κ3) is 5.36. The van der Waals surface area contributed by atoms with Gasteiger partial charge in [-0.25, -0.2) is 0 Å². The minimum atomic E-state index is -0.277. The Bertz CT molecular complexity index is 526. The molecule has 3 atom stereocenters. The first-order valence-electron chi connectivity index (χ1n) is 8.34. The van der Waals surface area contributed by atoms with Crippen LogP contribution in [0.4, 0.5) is 5.69 Å². The zero-order valence-corrected chi connectivity index (χ0v) is 14.6. The van der Waals surface area contributed by atoms with Crippen molar-refractivity contribution in [2.45, 2.75) is 37.9 Å². The second kappa shape index (κ2) is 9.46. The van der Waals surface area contributed by atoms with Crippen molar-refractivity contribution in [2.75, 3.05) is 32.7 Å². The fourth-order valence-electron chi connectivity index (χ4n) is 2.76. The van der Waals surface area contributed by atoms with Crippen LogP contribution in [0.25, 0.3) is 0 Å². The molecule has 2 rings (SSSR count). The minimum absolute atomic E-state index is 0.00249. The summed E-state index contributed by atoms with van der Waals surface area (Å²) in [6.45, 7) is 3.23. The van der Waals surface area contributed by atoms with Crippen LogP contribution in [0.1, 0.15) is 19.8 Å². The maximum atomic E-state index is 12.4. The average molecular weight is 336 g/mol. The Morgan fingerprint density at radius 1 is 1.33 bits per heavy atom. The minimum Gasteiger partial charge on any atom is -0.497 e. The number of amides is 1. The number of rotatable bonds is 9. The summed E-state index contributed by atoms with van der Waals surface area (Å²) in [6.07, 6.45) is 1.62. The molecule has 7 heteroatoms. The Morgan fingerprint density at radius 3 is 2.83 bits per heavy atom. The van der Waals surface area contributed by atoms with E-state index in [1.807, 2.05) is 31.2 Å². The first kappa shape index (κ1) is 18.5. The number of hydrogen-bond donors (Lipinski definition) is 4. The van der Waals surface area contributed by atoms with Crippen LogP contribution in [-0.4, -0.2) is 51.4 Å². The summed E-state index contributed by atoms with van der Waals surface area (Å²) in [6, 6.07) is 7.81. The van der Waals surface area contributed by atoms with Crippen LogP contribution < -0.4 is 26.2 Å². The average Bonchev–Trinajstić information content (AvgIpc) is 3.05. The molecule has 24 heavy (non-hydrogen) atoms. The Kier molecular flexibility index (Phi) is 7.30. The number of nitrogens with one attached hydrogen (secondary N) is 4. The number of anilines is 1. The molecule has 1 aromatic carbocycles. The van der Waals surface area contributed by atoms with Crippen LogP contribution in [0.5, 0.6) is 5.75 Å². The molecular formula is C17H28N4O3. The summed E-state index contributed by atoms with van der Waals surface area (Å²) in [5.74, 6) is 0.762. The van der Waals surface area contributed by atoms with E-state index in [1.165, 1.54) is 0 Å². The molecule has 4 N–H and O–H groups in total. The molecule has 1 heterocycles. The van der Waals surface area contributed by atoms with E-state index in [0.717, 1.165) is 17.9 Å². The topological polar surface area (TPSA) is 83.7 Å². The fraction of sp³-hybridized carbons (Fsp3) is 0.588. The summed E-state index contributed by atoms with van der Waals surface area (Å²) < 4.78 is 10.3. The lowest BCUT2D eigenvalue weighted by atomic mass is 10.1. The molecule has 3 unspecified atom stereocenters. The van der Waals surface area contributed by atoms with Gasteiger partial charge in [0.2, 0.25) is 5.91 Å². The lowest BCUT2D eigenvalue weighted by Gasteiger charge is -2.19. The van der Waals surface area contributed by atoms with Gasteiger partial charge in [-0.05, 0) is 25.0 Å². The van der Waals surface area contributed by atoms with Crippen LogP contribution in [0, 0.1) is 0 Å². The van der Waals surface area contributed by atoms with E-state index in [2.05, 4.69) is 21.5 Å². The molecule has 1 aromatic rings. The highest BCUT2D eigenvalue weighted by Crippen LogP contribution is 2.18. The SMILES string of the molecule is CCC(Nc1cccc(OC)c1)C(=O)NCC1CC(COC)NN1. The van der Waals surface area contributed by atoms with Gasteiger partial charge in [-0.3, -0.25) is 15.6 Å². The lowest BCUT2D eigenvalue weighted by molar-refractivity contribution is -0.122. The molecule has 134 valence electrons. The van der Waals surface area contributed by atoms with Crippen molar-refractivity contribution in [2.24, 2.45) is 0 Å². The third-order valence-corrected chi connectivity index (χ3v) is 4.09. The Labute approximate surface area is 143 Å². The molecule has 1 aliphatic rings. The third-order valence-electron chi connectivity index (χ3n) is 4.09. The van der Waals surface area contributed by atoms with Gasteiger partial charge in [0, 0.05) is 37.5 Å². The number of benzene rings is 1. The Morgan fingerprint density at radius 2 is 2.12 bits per heavy atom. The smallest absolute Gasteiger partial charge is 0.242 e. The van der Waals surface area contributed by atoms with Gasteiger partial charge in [0.05, 0.1) is 13.7 Å². The van der Waals surface area contributed by atoms with E-state index in [9.17, 15) is 4.79 Å². The second-order valence-electron chi connectivity index (χ2n) is 5.96. The first-order valence-corrected chi connectivity index (χ1v) is 8.34. The molecule has 1 fully saturated rings. The number of carbonyl (C=O) groups excluding carboxylic acids is 1. The van der Waals surface area contributed by atoms with Crippen LogP contribution in [0.15, 0.2) is 24.3 Å². The van der Waals surface area contributed by atoms with Crippen molar-refractivity contribution in [3.63, 3.8) is 0 Å². The summed E-state index contributed by atoms with van der Waals surface area (Å²) in [7, 11) is 3.31. The summed E-state index contributed by atoms with van der Waals surface area (Å²) >= 11 is 0. The molecule has 0 bridgehead atoms. The lowest BCUT2D eigenvalue weighted by Crippen LogP contribution is -2.45. The highest BCUT2D eigenvalue weighted by Gasteiger charge is 2.25. The number of ether oxygens (including phenoxy) is 2. The van der Waals surface area contributed by atoms with Gasteiger partial charge in [0.1, 0.15) is 11.8 Å². The summed E-state index contributed by atoms with van der Waals surface area (Å²) in [5.41, 5.74) is 7.23. The van der Waals surface area contributed by atoms with Crippen LogP contribution in [0.2, 0.25) is 0 Å². The molecule has 0 radical (unpaired) electrons. The second-order valence-corrected chi connectivity index (χ2v) is 5.96. The first-order chi connectivity index (χ1) is 11.7. The number of methoxy groups -OCH3 is 2. The monoisotopic (exact) mass is 336 g/mol. The van der Waals surface area contributed by atoms with Crippen molar-refractivity contribution in [3.05, 3.63) is 24.3 Å². The summed E-state index contributed by atoms with van der Waals surface area (Å²) in [5, 5.41) is 6.27. The van der Waals surface area contributed by atoms with Crippen molar-refractivity contribution in [1.29, 1.82) is 0 Å². The van der Waals surface area contributed by atoms with Crippen LogP contribution >= 0.6 is 0 Å². The van der Waals surface area contributed by atoms with E-state index in [1.54, 1.807) is 14.2 Å². The Hall–Kier alpha value is -1.83. The van der Waals surface area contributed by atoms with Gasteiger partial charge in [-0.1, -0.05) is 13.0 Å². The maximum Gasteiger partial charge on any atom is 0.242 e. The van der Waals surface area contributed by atoms with Gasteiger partial charge in [-0.15, -0.1) is 0 Å². The van der Waals surface area contributed by atoms with Crippen molar-refractivity contribution >= 4 is 11.6 Å². The van der Waals surface area contributed by atoms with E-state index in [-0.39, 0.29) is 24.0 Å².